The Bertz CT molecular complexity index is 1320. The number of rotatable bonds is 5. The van der Waals surface area contributed by atoms with Crippen LogP contribution < -0.4 is 9.64 Å². The van der Waals surface area contributed by atoms with Crippen LogP contribution in [0.1, 0.15) is 5.56 Å². The van der Waals surface area contributed by atoms with Gasteiger partial charge in [0.1, 0.15) is 11.5 Å². The van der Waals surface area contributed by atoms with Gasteiger partial charge in [0, 0.05) is 0 Å². The van der Waals surface area contributed by atoms with Crippen LogP contribution in [-0.4, -0.2) is 10.2 Å². The Labute approximate surface area is 202 Å². The molecule has 0 N–H and O–H groups in total. The van der Waals surface area contributed by atoms with E-state index in [2.05, 4.69) is 24.3 Å². The Hall–Kier alpha value is -3.67. The lowest BCUT2D eigenvalue weighted by Crippen LogP contribution is -2.27. The molecule has 5 heteroatoms. The topological polar surface area (TPSA) is 29.5 Å². The standard InChI is InChI=1S/C28H19NO2S2/c30-27-26(19-20-11-13-22(14-12-20)21-7-3-1-4-8-21)33-28(32)29(27)23-15-17-25(18-16-23)31-24-9-5-2-6-10-24/h1-19H/b26-19-. The van der Waals surface area contributed by atoms with E-state index in [-0.39, 0.29) is 5.91 Å². The van der Waals surface area contributed by atoms with Gasteiger partial charge in [0.15, 0.2) is 4.32 Å². The van der Waals surface area contributed by atoms with E-state index in [1.165, 1.54) is 11.8 Å². The molecule has 5 rings (SSSR count). The number of hydrogen-bond acceptors (Lipinski definition) is 4. The van der Waals surface area contributed by atoms with Crippen LogP contribution in [0.2, 0.25) is 0 Å². The maximum Gasteiger partial charge on any atom is 0.270 e. The Balaban J connectivity index is 1.32. The van der Waals surface area contributed by atoms with Gasteiger partial charge in [0.25, 0.3) is 5.91 Å². The minimum Gasteiger partial charge on any atom is -0.457 e. The van der Waals surface area contributed by atoms with Gasteiger partial charge in [-0.2, -0.15) is 0 Å². The zero-order valence-corrected chi connectivity index (χ0v) is 19.2. The lowest BCUT2D eigenvalue weighted by Gasteiger charge is -2.15. The third-order valence-corrected chi connectivity index (χ3v) is 6.49. The molecule has 0 radical (unpaired) electrons. The molecule has 1 fully saturated rings. The molecule has 4 aromatic carbocycles. The average molecular weight is 466 g/mol. The van der Waals surface area contributed by atoms with Gasteiger partial charge in [-0.15, -0.1) is 0 Å². The normalized spacial score (nSPS) is 14.7. The monoisotopic (exact) mass is 465 g/mol. The second-order valence-corrected chi connectivity index (χ2v) is 9.09. The van der Waals surface area contributed by atoms with E-state index in [1.54, 1.807) is 4.90 Å². The summed E-state index contributed by atoms with van der Waals surface area (Å²) in [5.41, 5.74) is 3.98. The molecular formula is C28H19NO2S2. The fourth-order valence-corrected chi connectivity index (χ4v) is 4.83. The minimum absolute atomic E-state index is 0.117. The molecule has 0 atom stereocenters. The summed E-state index contributed by atoms with van der Waals surface area (Å²) >= 11 is 6.83. The number of para-hydroxylation sites is 1. The number of hydrogen-bond donors (Lipinski definition) is 0. The molecular weight excluding hydrogens is 446 g/mol. The number of amides is 1. The van der Waals surface area contributed by atoms with Gasteiger partial charge in [-0.25, -0.2) is 0 Å². The van der Waals surface area contributed by atoms with Crippen molar-refractivity contribution in [2.75, 3.05) is 4.90 Å². The predicted octanol–water partition coefficient (Wildman–Crippen LogP) is 7.55. The van der Waals surface area contributed by atoms with Crippen molar-refractivity contribution < 1.29 is 9.53 Å². The molecule has 1 aliphatic rings. The minimum atomic E-state index is -0.117. The third kappa shape index (κ3) is 4.75. The number of nitrogens with zero attached hydrogens (tertiary/aromatic N) is 1. The Morgan fingerprint density at radius 1 is 0.697 bits per heavy atom. The smallest absolute Gasteiger partial charge is 0.270 e. The van der Waals surface area contributed by atoms with Crippen molar-refractivity contribution >= 4 is 46.0 Å². The van der Waals surface area contributed by atoms with Crippen LogP contribution in [0.3, 0.4) is 0 Å². The number of thiocarbonyl (C=S) groups is 1. The van der Waals surface area contributed by atoms with Crippen LogP contribution >= 0.6 is 24.0 Å². The van der Waals surface area contributed by atoms with E-state index in [0.717, 1.165) is 28.1 Å². The summed E-state index contributed by atoms with van der Waals surface area (Å²) in [6.45, 7) is 0. The summed E-state index contributed by atoms with van der Waals surface area (Å²) in [6, 6.07) is 35.3. The summed E-state index contributed by atoms with van der Waals surface area (Å²) in [5, 5.41) is 0. The van der Waals surface area contributed by atoms with Gasteiger partial charge in [0.05, 0.1) is 10.6 Å². The van der Waals surface area contributed by atoms with Gasteiger partial charge in [-0.3, -0.25) is 9.69 Å². The SMILES string of the molecule is O=C1/C(=C/c2ccc(-c3ccccc3)cc2)SC(=S)N1c1ccc(Oc2ccccc2)cc1. The van der Waals surface area contributed by atoms with Crippen molar-refractivity contribution in [3.05, 3.63) is 120 Å². The Kier molecular flexibility index (Phi) is 6.07. The maximum atomic E-state index is 13.1. The maximum absolute atomic E-state index is 13.1. The van der Waals surface area contributed by atoms with E-state index in [0.29, 0.717) is 15.0 Å². The Morgan fingerprint density at radius 3 is 1.94 bits per heavy atom. The van der Waals surface area contributed by atoms with Crippen LogP contribution in [0.15, 0.2) is 114 Å². The highest BCUT2D eigenvalue weighted by atomic mass is 32.2. The molecule has 1 heterocycles. The molecule has 0 unspecified atom stereocenters. The fourth-order valence-electron chi connectivity index (χ4n) is 3.53. The first-order valence-corrected chi connectivity index (χ1v) is 11.7. The quantitative estimate of drug-likeness (QED) is 0.225. The summed E-state index contributed by atoms with van der Waals surface area (Å²) in [5.74, 6) is 1.34. The first kappa shape index (κ1) is 21.2. The van der Waals surface area contributed by atoms with Gasteiger partial charge in [0.2, 0.25) is 0 Å². The van der Waals surface area contributed by atoms with E-state index in [1.807, 2.05) is 91.0 Å². The van der Waals surface area contributed by atoms with E-state index >= 15 is 0 Å². The summed E-state index contributed by atoms with van der Waals surface area (Å²) in [4.78, 5) is 15.3. The summed E-state index contributed by atoms with van der Waals surface area (Å²) in [6.07, 6.45) is 1.89. The highest BCUT2D eigenvalue weighted by molar-refractivity contribution is 8.27. The molecule has 1 saturated heterocycles. The molecule has 1 amide bonds. The van der Waals surface area contributed by atoms with Crippen molar-refractivity contribution in [2.45, 2.75) is 0 Å². The van der Waals surface area contributed by atoms with Crippen LogP contribution in [0.5, 0.6) is 11.5 Å². The number of ether oxygens (including phenoxy) is 1. The van der Waals surface area contributed by atoms with E-state index in [9.17, 15) is 4.79 Å². The number of anilines is 1. The first-order valence-electron chi connectivity index (χ1n) is 10.4. The molecule has 33 heavy (non-hydrogen) atoms. The molecule has 0 bridgehead atoms. The molecule has 0 aromatic heterocycles. The second kappa shape index (κ2) is 9.45. The van der Waals surface area contributed by atoms with Gasteiger partial charge in [-0.05, 0) is 59.2 Å². The highest BCUT2D eigenvalue weighted by Gasteiger charge is 2.33. The average Bonchev–Trinajstić information content (AvgIpc) is 3.14. The van der Waals surface area contributed by atoms with Gasteiger partial charge < -0.3 is 4.74 Å². The molecule has 3 nitrogen and oxygen atoms in total. The zero-order valence-electron chi connectivity index (χ0n) is 17.5. The number of thioether (sulfide) groups is 1. The van der Waals surface area contributed by atoms with E-state index in [4.69, 9.17) is 17.0 Å². The van der Waals surface area contributed by atoms with Gasteiger partial charge in [-0.1, -0.05) is 96.8 Å². The van der Waals surface area contributed by atoms with Crippen LogP contribution in [0.25, 0.3) is 17.2 Å². The number of carbonyl (C=O) groups is 1. The van der Waals surface area contributed by atoms with E-state index < -0.39 is 0 Å². The molecule has 0 saturated carbocycles. The van der Waals surface area contributed by atoms with Crippen LogP contribution in [0, 0.1) is 0 Å². The second-order valence-electron chi connectivity index (χ2n) is 7.41. The summed E-state index contributed by atoms with van der Waals surface area (Å²) in [7, 11) is 0. The fraction of sp³-hybridized carbons (Fsp3) is 0. The highest BCUT2D eigenvalue weighted by Crippen LogP contribution is 2.37. The van der Waals surface area contributed by atoms with Crippen molar-refractivity contribution in [1.82, 2.24) is 0 Å². The van der Waals surface area contributed by atoms with Crippen LogP contribution in [0.4, 0.5) is 5.69 Å². The number of carbonyl (C=O) groups excluding carboxylic acids is 1. The molecule has 0 spiro atoms. The van der Waals surface area contributed by atoms with Crippen LogP contribution in [-0.2, 0) is 4.79 Å². The van der Waals surface area contributed by atoms with Gasteiger partial charge >= 0.3 is 0 Å². The first-order chi connectivity index (χ1) is 16.2. The van der Waals surface area contributed by atoms with Crippen molar-refractivity contribution in [3.8, 4) is 22.6 Å². The predicted molar refractivity (Wildman–Crippen MR) is 140 cm³/mol. The summed E-state index contributed by atoms with van der Waals surface area (Å²) < 4.78 is 6.36. The molecule has 1 aliphatic heterocycles. The molecule has 0 aliphatic carbocycles. The molecule has 4 aromatic rings. The number of benzene rings is 4. The Morgan fingerprint density at radius 2 is 1.27 bits per heavy atom. The van der Waals surface area contributed by atoms with Crippen molar-refractivity contribution in [2.24, 2.45) is 0 Å². The third-order valence-electron chi connectivity index (χ3n) is 5.18. The lowest BCUT2D eigenvalue weighted by atomic mass is 10.0. The lowest BCUT2D eigenvalue weighted by molar-refractivity contribution is -0.113. The zero-order chi connectivity index (χ0) is 22.6. The largest absolute Gasteiger partial charge is 0.457 e. The van der Waals surface area contributed by atoms with Crippen molar-refractivity contribution in [1.29, 1.82) is 0 Å². The van der Waals surface area contributed by atoms with Crippen molar-refractivity contribution in [3.63, 3.8) is 0 Å². The molecule has 160 valence electrons.